The van der Waals surface area contributed by atoms with Crippen LogP contribution in [0.3, 0.4) is 0 Å². The fraction of sp³-hybridized carbons (Fsp3) is 0.286. The molecule has 20 heavy (non-hydrogen) atoms. The maximum Gasteiger partial charge on any atom is 0.321 e. The molecule has 1 N–H and O–H groups in total. The minimum atomic E-state index is 0.335. The van der Waals surface area contributed by atoms with E-state index in [0.717, 1.165) is 21.1 Å². The van der Waals surface area contributed by atoms with E-state index >= 15 is 0 Å². The highest BCUT2D eigenvalue weighted by Gasteiger charge is 2.06. The van der Waals surface area contributed by atoms with E-state index in [1.165, 1.54) is 0 Å². The molecule has 0 atom stereocenters. The molecule has 0 aliphatic carbocycles. The van der Waals surface area contributed by atoms with Crippen LogP contribution >= 0.6 is 31.9 Å². The maximum atomic E-state index is 5.63. The molecular formula is C14H15Br2N3O. The topological polar surface area (TPSA) is 47.0 Å². The molecular weight excluding hydrogens is 386 g/mol. The van der Waals surface area contributed by atoms with Gasteiger partial charge in [-0.15, -0.1) is 0 Å². The minimum absolute atomic E-state index is 0.335. The van der Waals surface area contributed by atoms with Crippen molar-refractivity contribution in [1.29, 1.82) is 0 Å². The number of nitrogens with zero attached hydrogens (tertiary/aromatic N) is 2. The van der Waals surface area contributed by atoms with Gasteiger partial charge in [0.1, 0.15) is 5.75 Å². The van der Waals surface area contributed by atoms with Gasteiger partial charge in [-0.2, -0.15) is 0 Å². The summed E-state index contributed by atoms with van der Waals surface area (Å²) in [6, 6.07) is 6.44. The molecule has 0 aliphatic heterocycles. The number of hydrogen-bond acceptors (Lipinski definition) is 4. The van der Waals surface area contributed by atoms with Gasteiger partial charge in [0.2, 0.25) is 0 Å². The summed E-state index contributed by atoms with van der Waals surface area (Å²) in [5.41, 5.74) is 1.03. The molecule has 4 nitrogen and oxygen atoms in total. The van der Waals surface area contributed by atoms with E-state index in [2.05, 4.69) is 61.0 Å². The zero-order chi connectivity index (χ0) is 14.5. The average molecular weight is 401 g/mol. The van der Waals surface area contributed by atoms with Gasteiger partial charge in [0.05, 0.1) is 4.47 Å². The first-order chi connectivity index (χ1) is 9.54. The van der Waals surface area contributed by atoms with Crippen LogP contribution < -0.4 is 10.1 Å². The molecule has 0 radical (unpaired) electrons. The van der Waals surface area contributed by atoms with Crippen LogP contribution in [0.1, 0.15) is 19.4 Å². The van der Waals surface area contributed by atoms with Gasteiger partial charge in [0.15, 0.2) is 0 Å². The maximum absolute atomic E-state index is 5.63. The summed E-state index contributed by atoms with van der Waals surface area (Å²) in [6.45, 7) is 4.95. The van der Waals surface area contributed by atoms with Crippen molar-refractivity contribution in [2.45, 2.75) is 26.4 Å². The van der Waals surface area contributed by atoms with Gasteiger partial charge in [-0.05, 0) is 34.1 Å². The molecule has 106 valence electrons. The minimum Gasteiger partial charge on any atom is -0.423 e. The first-order valence-electron chi connectivity index (χ1n) is 6.22. The van der Waals surface area contributed by atoms with E-state index in [4.69, 9.17) is 4.74 Å². The van der Waals surface area contributed by atoms with Gasteiger partial charge < -0.3 is 10.1 Å². The Morgan fingerprint density at radius 2 is 1.90 bits per heavy atom. The third-order valence-corrected chi connectivity index (χ3v) is 3.60. The van der Waals surface area contributed by atoms with Crippen molar-refractivity contribution in [3.63, 3.8) is 0 Å². The number of nitrogens with one attached hydrogen (secondary N) is 1. The molecule has 2 aromatic rings. The monoisotopic (exact) mass is 399 g/mol. The van der Waals surface area contributed by atoms with Crippen LogP contribution in [0.5, 0.6) is 11.8 Å². The van der Waals surface area contributed by atoms with Crippen LogP contribution in [0.2, 0.25) is 0 Å². The summed E-state index contributed by atoms with van der Waals surface area (Å²) in [6.07, 6.45) is 3.54. The van der Waals surface area contributed by atoms with Gasteiger partial charge in [0, 0.05) is 35.0 Å². The van der Waals surface area contributed by atoms with Gasteiger partial charge >= 0.3 is 6.01 Å². The van der Waals surface area contributed by atoms with Crippen molar-refractivity contribution in [3.8, 4) is 11.8 Å². The smallest absolute Gasteiger partial charge is 0.321 e. The van der Waals surface area contributed by atoms with Crippen molar-refractivity contribution in [2.75, 3.05) is 0 Å². The lowest BCUT2D eigenvalue weighted by atomic mass is 10.3. The van der Waals surface area contributed by atoms with E-state index < -0.39 is 0 Å². The summed E-state index contributed by atoms with van der Waals surface area (Å²) in [4.78, 5) is 8.42. The Morgan fingerprint density at radius 1 is 1.20 bits per heavy atom. The van der Waals surface area contributed by atoms with Gasteiger partial charge in [0.25, 0.3) is 0 Å². The Balaban J connectivity index is 2.03. The Morgan fingerprint density at radius 3 is 2.50 bits per heavy atom. The molecule has 6 heteroatoms. The van der Waals surface area contributed by atoms with Crippen LogP contribution in [0.25, 0.3) is 0 Å². The largest absolute Gasteiger partial charge is 0.423 e. The highest BCUT2D eigenvalue weighted by Crippen LogP contribution is 2.30. The number of benzene rings is 1. The van der Waals surface area contributed by atoms with Crippen molar-refractivity contribution >= 4 is 31.9 Å². The second kappa shape index (κ2) is 7.15. The van der Waals surface area contributed by atoms with E-state index in [1.54, 1.807) is 12.4 Å². The fourth-order valence-electron chi connectivity index (χ4n) is 1.47. The average Bonchev–Trinajstić information content (AvgIpc) is 2.41. The normalized spacial score (nSPS) is 10.8. The van der Waals surface area contributed by atoms with E-state index in [9.17, 15) is 0 Å². The Labute approximate surface area is 135 Å². The second-order valence-electron chi connectivity index (χ2n) is 4.59. The summed E-state index contributed by atoms with van der Waals surface area (Å²) >= 11 is 6.84. The number of ether oxygens (including phenoxy) is 1. The SMILES string of the molecule is CC(C)NCc1cnc(Oc2ccc(Br)cc2Br)nc1. The molecule has 1 aromatic heterocycles. The molecule has 0 amide bonds. The third kappa shape index (κ3) is 4.54. The van der Waals surface area contributed by atoms with Crippen LogP contribution in [0, 0.1) is 0 Å². The summed E-state index contributed by atoms with van der Waals surface area (Å²) in [5.74, 6) is 0.682. The molecule has 0 spiro atoms. The van der Waals surface area contributed by atoms with Gasteiger partial charge in [-0.3, -0.25) is 0 Å². The van der Waals surface area contributed by atoms with Gasteiger partial charge in [-0.25, -0.2) is 9.97 Å². The Kier molecular flexibility index (Phi) is 5.51. The standard InChI is InChI=1S/C14H15Br2N3O/c1-9(2)17-6-10-7-18-14(19-8-10)20-13-4-3-11(15)5-12(13)16/h3-5,7-9,17H,6H2,1-2H3. The lowest BCUT2D eigenvalue weighted by molar-refractivity contribution is 0.437. The molecule has 0 aliphatic rings. The molecule has 1 heterocycles. The predicted molar refractivity (Wildman–Crippen MR) is 85.9 cm³/mol. The van der Waals surface area contributed by atoms with Crippen LogP contribution in [0.4, 0.5) is 0 Å². The van der Waals surface area contributed by atoms with Crippen molar-refractivity contribution < 1.29 is 4.74 Å². The van der Waals surface area contributed by atoms with Gasteiger partial charge in [-0.1, -0.05) is 29.8 Å². The molecule has 0 unspecified atom stereocenters. The zero-order valence-corrected chi connectivity index (χ0v) is 14.4. The van der Waals surface area contributed by atoms with Crippen molar-refractivity contribution in [2.24, 2.45) is 0 Å². The van der Waals surface area contributed by atoms with Crippen LogP contribution in [0.15, 0.2) is 39.5 Å². The van der Waals surface area contributed by atoms with Crippen molar-refractivity contribution in [1.82, 2.24) is 15.3 Å². The number of rotatable bonds is 5. The summed E-state index contributed by atoms with van der Waals surface area (Å²) < 4.78 is 7.46. The molecule has 1 aromatic carbocycles. The Bertz CT molecular complexity index is 573. The van der Waals surface area contributed by atoms with Crippen LogP contribution in [-0.2, 0) is 6.54 Å². The molecule has 0 saturated carbocycles. The fourth-order valence-corrected chi connectivity index (χ4v) is 2.59. The zero-order valence-electron chi connectivity index (χ0n) is 11.2. The Hall–Kier alpha value is -0.980. The molecule has 2 rings (SSSR count). The third-order valence-electron chi connectivity index (χ3n) is 2.49. The van der Waals surface area contributed by atoms with E-state index in [-0.39, 0.29) is 0 Å². The molecule has 0 saturated heterocycles. The van der Waals surface area contributed by atoms with Crippen LogP contribution in [-0.4, -0.2) is 16.0 Å². The predicted octanol–water partition coefficient (Wildman–Crippen LogP) is 4.29. The number of hydrogen-bond donors (Lipinski definition) is 1. The summed E-state index contributed by atoms with van der Waals surface area (Å²) in [5, 5.41) is 3.31. The van der Waals surface area contributed by atoms with E-state index in [0.29, 0.717) is 17.8 Å². The van der Waals surface area contributed by atoms with E-state index in [1.807, 2.05) is 18.2 Å². The number of halogens is 2. The summed E-state index contributed by atoms with van der Waals surface area (Å²) in [7, 11) is 0. The lowest BCUT2D eigenvalue weighted by Gasteiger charge is -2.09. The first-order valence-corrected chi connectivity index (χ1v) is 7.80. The quantitative estimate of drug-likeness (QED) is 0.812. The van der Waals surface area contributed by atoms with Crippen molar-refractivity contribution in [3.05, 3.63) is 45.1 Å². The highest BCUT2D eigenvalue weighted by atomic mass is 79.9. The molecule has 0 bridgehead atoms. The highest BCUT2D eigenvalue weighted by molar-refractivity contribution is 9.11. The molecule has 0 fully saturated rings. The second-order valence-corrected chi connectivity index (χ2v) is 6.36. The number of aromatic nitrogens is 2. The lowest BCUT2D eigenvalue weighted by Crippen LogP contribution is -2.21. The first kappa shape index (κ1) is 15.4.